The van der Waals surface area contributed by atoms with E-state index in [1.54, 1.807) is 25.3 Å². The third kappa shape index (κ3) is 5.31. The van der Waals surface area contributed by atoms with Gasteiger partial charge in [-0.2, -0.15) is 5.26 Å². The molecule has 34 heavy (non-hydrogen) atoms. The zero-order valence-corrected chi connectivity index (χ0v) is 19.0. The number of aromatic amines is 1. The number of aliphatic hydroxyl groups is 1. The lowest BCUT2D eigenvalue weighted by Gasteiger charge is -2.25. The first-order chi connectivity index (χ1) is 16.4. The summed E-state index contributed by atoms with van der Waals surface area (Å²) in [7, 11) is 1.55. The summed E-state index contributed by atoms with van der Waals surface area (Å²) >= 11 is 0. The van der Waals surface area contributed by atoms with Crippen molar-refractivity contribution < 1.29 is 24.2 Å². The van der Waals surface area contributed by atoms with E-state index < -0.39 is 30.0 Å². The van der Waals surface area contributed by atoms with Crippen LogP contribution in [0.15, 0.2) is 24.3 Å². The fourth-order valence-electron chi connectivity index (χ4n) is 4.40. The molecule has 2 heterocycles. The summed E-state index contributed by atoms with van der Waals surface area (Å²) in [6.07, 6.45) is 1.69. The van der Waals surface area contributed by atoms with E-state index in [1.807, 2.05) is 12.1 Å². The Morgan fingerprint density at radius 2 is 2.06 bits per heavy atom. The summed E-state index contributed by atoms with van der Waals surface area (Å²) in [5.41, 5.74) is 1.03. The van der Waals surface area contributed by atoms with Crippen molar-refractivity contribution in [1.82, 2.24) is 20.9 Å². The van der Waals surface area contributed by atoms with Gasteiger partial charge < -0.3 is 30.8 Å². The Kier molecular flexibility index (Phi) is 7.03. The average Bonchev–Trinajstić information content (AvgIpc) is 3.39. The normalized spacial score (nSPS) is 20.1. The number of rotatable bonds is 10. The maximum atomic E-state index is 13.2. The molecule has 3 amide bonds. The van der Waals surface area contributed by atoms with Crippen LogP contribution < -0.4 is 20.7 Å². The van der Waals surface area contributed by atoms with Crippen LogP contribution in [0, 0.1) is 23.2 Å². The smallest absolute Gasteiger partial charge is 0.268 e. The number of fused-ring (bicyclic) bond motifs is 1. The summed E-state index contributed by atoms with van der Waals surface area (Å²) in [6.45, 7) is 0.530. The number of carbonyl (C=O) groups is 3. The van der Waals surface area contributed by atoms with E-state index in [4.69, 9.17) is 4.74 Å². The second-order valence-corrected chi connectivity index (χ2v) is 9.01. The molecule has 4 atom stereocenters. The Balaban J connectivity index is 1.48. The van der Waals surface area contributed by atoms with E-state index in [0.29, 0.717) is 36.7 Å². The number of ether oxygens (including phenoxy) is 1. The van der Waals surface area contributed by atoms with Gasteiger partial charge in [-0.15, -0.1) is 0 Å². The molecule has 1 saturated heterocycles. The maximum Gasteiger partial charge on any atom is 0.268 e. The van der Waals surface area contributed by atoms with Crippen LogP contribution in [0.2, 0.25) is 0 Å². The molecule has 0 radical (unpaired) electrons. The summed E-state index contributed by atoms with van der Waals surface area (Å²) in [4.78, 5) is 41.2. The van der Waals surface area contributed by atoms with E-state index in [1.165, 1.54) is 0 Å². The van der Waals surface area contributed by atoms with Crippen molar-refractivity contribution in [3.63, 3.8) is 0 Å². The number of methoxy groups -OCH3 is 1. The zero-order chi connectivity index (χ0) is 24.2. The number of hydrogen-bond acceptors (Lipinski definition) is 6. The molecule has 2 aliphatic rings. The third-order valence-electron chi connectivity index (χ3n) is 6.52. The lowest BCUT2D eigenvalue weighted by Crippen LogP contribution is -2.53. The number of nitriles is 1. The molecule has 0 spiro atoms. The maximum absolute atomic E-state index is 13.2. The highest BCUT2D eigenvalue weighted by atomic mass is 16.5. The van der Waals surface area contributed by atoms with Gasteiger partial charge in [-0.3, -0.25) is 14.4 Å². The second-order valence-electron chi connectivity index (χ2n) is 9.01. The molecule has 0 bridgehead atoms. The first kappa shape index (κ1) is 23.6. The van der Waals surface area contributed by atoms with Gasteiger partial charge in [0.2, 0.25) is 11.8 Å². The van der Waals surface area contributed by atoms with Crippen LogP contribution in [-0.2, 0) is 9.59 Å². The Morgan fingerprint density at radius 3 is 2.71 bits per heavy atom. The number of aliphatic hydroxyl groups excluding tert-OH is 1. The van der Waals surface area contributed by atoms with Gasteiger partial charge in [0.1, 0.15) is 17.5 Å². The number of benzene rings is 1. The predicted octanol–water partition coefficient (Wildman–Crippen LogP) is 0.970. The molecule has 5 N–H and O–H groups in total. The Labute approximate surface area is 197 Å². The van der Waals surface area contributed by atoms with Gasteiger partial charge in [-0.05, 0) is 43.4 Å². The molecule has 10 heteroatoms. The molecular formula is C24H29N5O5. The van der Waals surface area contributed by atoms with Crippen LogP contribution in [0.4, 0.5) is 0 Å². The van der Waals surface area contributed by atoms with Crippen LogP contribution in [0.5, 0.6) is 5.75 Å². The monoisotopic (exact) mass is 467 g/mol. The van der Waals surface area contributed by atoms with Crippen molar-refractivity contribution in [3.8, 4) is 11.8 Å². The van der Waals surface area contributed by atoms with Crippen molar-refractivity contribution in [2.24, 2.45) is 11.8 Å². The number of carbonyl (C=O) groups excluding carboxylic acids is 3. The molecule has 1 saturated carbocycles. The highest BCUT2D eigenvalue weighted by Gasteiger charge is 2.35. The van der Waals surface area contributed by atoms with Gasteiger partial charge in [-0.1, -0.05) is 18.9 Å². The fraction of sp³-hybridized carbons (Fsp3) is 0.500. The molecular weight excluding hydrogens is 438 g/mol. The average molecular weight is 468 g/mol. The van der Waals surface area contributed by atoms with Crippen molar-refractivity contribution in [2.75, 3.05) is 13.7 Å². The molecule has 1 aromatic carbocycles. The van der Waals surface area contributed by atoms with Gasteiger partial charge >= 0.3 is 0 Å². The number of nitrogens with zero attached hydrogens (tertiary/aromatic N) is 1. The quantitative estimate of drug-likeness (QED) is 0.328. The SMILES string of the molecule is COc1cccc2[nH]c(C(=O)NC(CC3CC3)C(=O)NC(CC3CCNC3=O)C(O)C#N)cc12. The second kappa shape index (κ2) is 10.1. The topological polar surface area (TPSA) is 156 Å². The number of aromatic nitrogens is 1. The minimum atomic E-state index is -1.46. The summed E-state index contributed by atoms with van der Waals surface area (Å²) in [5, 5.41) is 28.4. The van der Waals surface area contributed by atoms with Gasteiger partial charge in [0.05, 0.1) is 19.2 Å². The fourth-order valence-corrected chi connectivity index (χ4v) is 4.40. The van der Waals surface area contributed by atoms with Crippen LogP contribution in [0.3, 0.4) is 0 Å². The lowest BCUT2D eigenvalue weighted by atomic mass is 9.95. The van der Waals surface area contributed by atoms with Gasteiger partial charge in [-0.25, -0.2) is 0 Å². The molecule has 4 unspecified atom stereocenters. The number of H-pyrrole nitrogens is 1. The largest absolute Gasteiger partial charge is 0.496 e. The number of nitrogens with one attached hydrogen (secondary N) is 4. The van der Waals surface area contributed by atoms with E-state index in [-0.39, 0.29) is 18.2 Å². The molecule has 10 nitrogen and oxygen atoms in total. The highest BCUT2D eigenvalue weighted by molar-refractivity contribution is 6.01. The van der Waals surface area contributed by atoms with Crippen LogP contribution in [0.1, 0.15) is 42.6 Å². The van der Waals surface area contributed by atoms with Crippen molar-refractivity contribution in [2.45, 2.75) is 50.3 Å². The Morgan fingerprint density at radius 1 is 1.26 bits per heavy atom. The minimum Gasteiger partial charge on any atom is -0.496 e. The van der Waals surface area contributed by atoms with Crippen molar-refractivity contribution in [1.29, 1.82) is 5.26 Å². The van der Waals surface area contributed by atoms with E-state index >= 15 is 0 Å². The zero-order valence-electron chi connectivity index (χ0n) is 19.0. The first-order valence-corrected chi connectivity index (χ1v) is 11.5. The molecule has 180 valence electrons. The van der Waals surface area contributed by atoms with Crippen LogP contribution in [-0.4, -0.2) is 59.7 Å². The molecule has 1 aromatic heterocycles. The van der Waals surface area contributed by atoms with E-state index in [0.717, 1.165) is 23.7 Å². The minimum absolute atomic E-state index is 0.151. The number of amides is 3. The van der Waals surface area contributed by atoms with Crippen molar-refractivity contribution >= 4 is 28.6 Å². The highest BCUT2D eigenvalue weighted by Crippen LogP contribution is 2.34. The summed E-state index contributed by atoms with van der Waals surface area (Å²) in [5.74, 6) is -0.492. The van der Waals surface area contributed by atoms with Gasteiger partial charge in [0, 0.05) is 23.4 Å². The predicted molar refractivity (Wildman–Crippen MR) is 123 cm³/mol. The van der Waals surface area contributed by atoms with Gasteiger partial charge in [0.25, 0.3) is 5.91 Å². The first-order valence-electron chi connectivity index (χ1n) is 11.5. The summed E-state index contributed by atoms with van der Waals surface area (Å²) < 4.78 is 5.35. The molecule has 1 aliphatic heterocycles. The van der Waals surface area contributed by atoms with Crippen molar-refractivity contribution in [3.05, 3.63) is 30.0 Å². The summed E-state index contributed by atoms with van der Waals surface area (Å²) in [6, 6.07) is 7.12. The molecule has 2 fully saturated rings. The van der Waals surface area contributed by atoms with E-state index in [9.17, 15) is 24.8 Å². The molecule has 1 aliphatic carbocycles. The van der Waals surface area contributed by atoms with Crippen LogP contribution >= 0.6 is 0 Å². The Bertz CT molecular complexity index is 1120. The molecule has 4 rings (SSSR count). The third-order valence-corrected chi connectivity index (χ3v) is 6.52. The van der Waals surface area contributed by atoms with E-state index in [2.05, 4.69) is 20.9 Å². The van der Waals surface area contributed by atoms with Crippen LogP contribution in [0.25, 0.3) is 10.9 Å². The lowest BCUT2D eigenvalue weighted by molar-refractivity contribution is -0.126. The number of hydrogen-bond donors (Lipinski definition) is 5. The van der Waals surface area contributed by atoms with Gasteiger partial charge in [0.15, 0.2) is 6.10 Å². The molecule has 2 aromatic rings. The standard InChI is InChI=1S/C24H29N5O5/c1-34-21-4-2-3-16-15(21)11-19(27-16)24(33)29-18(9-13-5-6-13)23(32)28-17(20(30)12-25)10-14-7-8-26-22(14)31/h2-4,11,13-14,17-18,20,27,30H,5-10H2,1H3,(H,26,31)(H,28,32)(H,29,33). The Hall–Kier alpha value is -3.58.